The van der Waals surface area contributed by atoms with Gasteiger partial charge in [-0.1, -0.05) is 37.3 Å². The fraction of sp³-hybridized carbons (Fsp3) is 0.385. The maximum atomic E-state index is 12.5. The molecule has 96 valence electrons. The van der Waals surface area contributed by atoms with Crippen LogP contribution in [0.15, 0.2) is 30.3 Å². The van der Waals surface area contributed by atoms with Crippen LogP contribution in [0.1, 0.15) is 18.9 Å². The smallest absolute Gasteiger partial charge is 0.258 e. The number of rotatable bonds is 2. The molecule has 0 spiro atoms. The highest BCUT2D eigenvalue weighted by molar-refractivity contribution is 6.27. The van der Waals surface area contributed by atoms with Crippen molar-refractivity contribution in [3.05, 3.63) is 35.9 Å². The number of amides is 2. The summed E-state index contributed by atoms with van der Waals surface area (Å²) < 4.78 is 1.08. The second kappa shape index (κ2) is 4.61. The molecular weight excluding hydrogens is 252 g/mol. The summed E-state index contributed by atoms with van der Waals surface area (Å²) in [5.74, 6) is -0.543. The van der Waals surface area contributed by atoms with Crippen LogP contribution in [0.25, 0.3) is 0 Å². The lowest BCUT2D eigenvalue weighted by Crippen LogP contribution is -2.61. The van der Waals surface area contributed by atoms with Crippen LogP contribution in [0.4, 0.5) is 0 Å². The molecule has 1 heterocycles. The first kappa shape index (κ1) is 12.9. The van der Waals surface area contributed by atoms with Crippen molar-refractivity contribution in [2.75, 3.05) is 13.7 Å². The van der Waals surface area contributed by atoms with Crippen molar-refractivity contribution in [1.29, 1.82) is 0 Å². The van der Waals surface area contributed by atoms with Gasteiger partial charge < -0.3 is 4.90 Å². The number of carbonyl (C=O) groups is 2. The van der Waals surface area contributed by atoms with Crippen molar-refractivity contribution < 1.29 is 9.59 Å². The van der Waals surface area contributed by atoms with Crippen molar-refractivity contribution in [2.24, 2.45) is 0 Å². The minimum Gasteiger partial charge on any atom is -0.325 e. The summed E-state index contributed by atoms with van der Waals surface area (Å²) in [6, 6.07) is 9.08. The van der Waals surface area contributed by atoms with Gasteiger partial charge in [0.25, 0.3) is 5.91 Å². The molecule has 18 heavy (non-hydrogen) atoms. The van der Waals surface area contributed by atoms with Gasteiger partial charge in [-0.3, -0.25) is 9.59 Å². The Morgan fingerprint density at radius 1 is 1.22 bits per heavy atom. The maximum absolute atomic E-state index is 12.5. The van der Waals surface area contributed by atoms with Gasteiger partial charge in [-0.15, -0.1) is 0 Å². The fourth-order valence-electron chi connectivity index (χ4n) is 2.42. The van der Waals surface area contributed by atoms with Crippen LogP contribution in [0.2, 0.25) is 0 Å². The van der Waals surface area contributed by atoms with Crippen LogP contribution >= 0.6 is 11.8 Å². The highest BCUT2D eigenvalue weighted by atomic mass is 35.5. The fourth-order valence-corrected chi connectivity index (χ4v) is 2.72. The molecule has 5 heteroatoms. The quantitative estimate of drug-likeness (QED) is 0.604. The van der Waals surface area contributed by atoms with E-state index in [9.17, 15) is 9.59 Å². The van der Waals surface area contributed by atoms with Crippen molar-refractivity contribution in [3.63, 3.8) is 0 Å². The summed E-state index contributed by atoms with van der Waals surface area (Å²) in [5.41, 5.74) is -0.490. The lowest BCUT2D eigenvalue weighted by atomic mass is 9.75. The van der Waals surface area contributed by atoms with Gasteiger partial charge in [0, 0.05) is 18.8 Å². The zero-order chi connectivity index (χ0) is 13.3. The number of halogens is 1. The Bertz CT molecular complexity index is 455. The first-order chi connectivity index (χ1) is 8.54. The molecule has 2 rings (SSSR count). The topological polar surface area (TPSA) is 40.6 Å². The van der Waals surface area contributed by atoms with E-state index in [1.54, 1.807) is 19.2 Å². The molecule has 1 aliphatic heterocycles. The molecule has 0 radical (unpaired) electrons. The Hall–Kier alpha value is -1.55. The van der Waals surface area contributed by atoms with Crippen LogP contribution < -0.4 is 0 Å². The average molecular weight is 267 g/mol. The van der Waals surface area contributed by atoms with Gasteiger partial charge in [-0.25, -0.2) is 4.42 Å². The number of hydrogen-bond donors (Lipinski definition) is 0. The summed E-state index contributed by atoms with van der Waals surface area (Å²) in [6.07, 6.45) is 0.391. The largest absolute Gasteiger partial charge is 0.325 e. The van der Waals surface area contributed by atoms with Crippen molar-refractivity contribution >= 4 is 23.6 Å². The van der Waals surface area contributed by atoms with Gasteiger partial charge in [0.1, 0.15) is 6.67 Å². The van der Waals surface area contributed by atoms with Crippen molar-refractivity contribution in [1.82, 2.24) is 9.32 Å². The summed E-state index contributed by atoms with van der Waals surface area (Å²) in [4.78, 5) is 26.3. The van der Waals surface area contributed by atoms with Crippen LogP contribution in [-0.2, 0) is 15.0 Å². The van der Waals surface area contributed by atoms with E-state index in [-0.39, 0.29) is 18.5 Å². The van der Waals surface area contributed by atoms with E-state index >= 15 is 0 Å². The Labute approximate surface area is 111 Å². The van der Waals surface area contributed by atoms with Gasteiger partial charge in [0.15, 0.2) is 5.41 Å². The first-order valence-corrected chi connectivity index (χ1v) is 6.16. The van der Waals surface area contributed by atoms with Gasteiger partial charge in [0.2, 0.25) is 5.91 Å². The molecule has 1 aromatic carbocycles. The third kappa shape index (κ3) is 1.68. The molecule has 0 aliphatic carbocycles. The standard InChI is InChI=1S/C13H15ClN2O2/c1-3-13(10-7-5-4-6-8-10)11(17)15(2)9-16(14)12(13)18/h4-8H,3,9H2,1-2H3. The summed E-state index contributed by atoms with van der Waals surface area (Å²) in [6.45, 7) is 1.94. The van der Waals surface area contributed by atoms with E-state index in [1.807, 2.05) is 25.1 Å². The number of carbonyl (C=O) groups excluding carboxylic acids is 2. The van der Waals surface area contributed by atoms with Gasteiger partial charge in [-0.05, 0) is 12.0 Å². The lowest BCUT2D eigenvalue weighted by Gasteiger charge is -2.41. The van der Waals surface area contributed by atoms with E-state index in [2.05, 4.69) is 0 Å². The first-order valence-electron chi connectivity index (χ1n) is 5.83. The normalized spacial score (nSPS) is 24.6. The molecule has 1 aliphatic rings. The number of likely N-dealkylation sites (N-methyl/N-ethyl adjacent to an activating group) is 1. The Morgan fingerprint density at radius 2 is 1.83 bits per heavy atom. The van der Waals surface area contributed by atoms with E-state index in [0.29, 0.717) is 12.0 Å². The highest BCUT2D eigenvalue weighted by Gasteiger charge is 2.52. The monoisotopic (exact) mass is 266 g/mol. The molecule has 2 amide bonds. The second-order valence-corrected chi connectivity index (χ2v) is 4.84. The second-order valence-electron chi connectivity index (χ2n) is 4.44. The van der Waals surface area contributed by atoms with Crippen LogP contribution in [0, 0.1) is 0 Å². The zero-order valence-corrected chi connectivity index (χ0v) is 11.1. The predicted octanol–water partition coefficient (Wildman–Crippen LogP) is 1.75. The molecule has 1 atom stereocenters. The predicted molar refractivity (Wildman–Crippen MR) is 68.7 cm³/mol. The number of benzene rings is 1. The Morgan fingerprint density at radius 3 is 2.39 bits per heavy atom. The summed E-state index contributed by atoms with van der Waals surface area (Å²) >= 11 is 5.93. The lowest BCUT2D eigenvalue weighted by molar-refractivity contribution is -0.155. The van der Waals surface area contributed by atoms with E-state index in [4.69, 9.17) is 11.8 Å². The van der Waals surface area contributed by atoms with Gasteiger partial charge >= 0.3 is 0 Å². The summed E-state index contributed by atoms with van der Waals surface area (Å²) in [5, 5.41) is 0. The van der Waals surface area contributed by atoms with Gasteiger partial charge in [0.05, 0.1) is 0 Å². The molecule has 1 fully saturated rings. The number of hydrogen-bond acceptors (Lipinski definition) is 2. The van der Waals surface area contributed by atoms with E-state index < -0.39 is 5.41 Å². The van der Waals surface area contributed by atoms with Crippen molar-refractivity contribution in [3.8, 4) is 0 Å². The average Bonchev–Trinajstić information content (AvgIpc) is 2.39. The van der Waals surface area contributed by atoms with Crippen LogP contribution in [-0.4, -0.2) is 34.8 Å². The zero-order valence-electron chi connectivity index (χ0n) is 10.4. The van der Waals surface area contributed by atoms with Gasteiger partial charge in [-0.2, -0.15) is 0 Å². The molecule has 4 nitrogen and oxygen atoms in total. The summed E-state index contributed by atoms with van der Waals surface area (Å²) in [7, 11) is 1.65. The molecule has 1 saturated heterocycles. The molecule has 0 bridgehead atoms. The minimum absolute atomic E-state index is 0.119. The highest BCUT2D eigenvalue weighted by Crippen LogP contribution is 2.35. The third-order valence-corrected chi connectivity index (χ3v) is 3.69. The SMILES string of the molecule is CCC1(c2ccccc2)C(=O)N(C)CN(Cl)C1=O. The van der Waals surface area contributed by atoms with E-state index in [1.165, 1.54) is 4.90 Å². The van der Waals surface area contributed by atoms with Crippen LogP contribution in [0.3, 0.4) is 0 Å². The van der Waals surface area contributed by atoms with Crippen LogP contribution in [0.5, 0.6) is 0 Å². The van der Waals surface area contributed by atoms with E-state index in [0.717, 1.165) is 4.42 Å². The van der Waals surface area contributed by atoms with Crippen molar-refractivity contribution in [2.45, 2.75) is 18.8 Å². The molecular formula is C13H15ClN2O2. The maximum Gasteiger partial charge on any atom is 0.258 e. The molecule has 0 aromatic heterocycles. The molecule has 0 N–H and O–H groups in total. The molecule has 1 aromatic rings. The molecule has 1 unspecified atom stereocenters. The Balaban J connectivity index is 2.59. The molecule has 0 saturated carbocycles. The minimum atomic E-state index is -1.18. The Kier molecular flexibility index (Phi) is 3.30. The number of nitrogens with zero attached hydrogens (tertiary/aromatic N) is 2. The third-order valence-electron chi connectivity index (χ3n) is 3.43.